The molecule has 3 amide bonds. The van der Waals surface area contributed by atoms with Crippen molar-refractivity contribution in [2.24, 2.45) is 5.92 Å². The molecule has 7 nitrogen and oxygen atoms in total. The van der Waals surface area contributed by atoms with Crippen LogP contribution in [0.1, 0.15) is 19.8 Å². The second-order valence-corrected chi connectivity index (χ2v) is 4.60. The first-order valence-electron chi connectivity index (χ1n) is 6.58. The molecule has 0 aromatic rings. The van der Waals surface area contributed by atoms with Crippen LogP contribution in [0.3, 0.4) is 0 Å². The quantitative estimate of drug-likeness (QED) is 0.532. The highest BCUT2D eigenvalue weighted by Gasteiger charge is 2.30. The predicted molar refractivity (Wildman–Crippen MR) is 67.5 cm³/mol. The highest BCUT2D eigenvalue weighted by molar-refractivity contribution is 5.94. The van der Waals surface area contributed by atoms with Gasteiger partial charge in [0, 0.05) is 7.05 Å². The topological polar surface area (TPSA) is 88.9 Å². The van der Waals surface area contributed by atoms with Gasteiger partial charge in [0.2, 0.25) is 0 Å². The largest absolute Gasteiger partial charge is 0.466 e. The predicted octanol–water partition coefficient (Wildman–Crippen LogP) is -1.70. The number of imide groups is 1. The van der Waals surface area contributed by atoms with Crippen LogP contribution < -0.4 is 15.5 Å². The number of ether oxygens (including phenoxy) is 1. The summed E-state index contributed by atoms with van der Waals surface area (Å²) in [6.45, 7) is 3.77. The van der Waals surface area contributed by atoms with Crippen LogP contribution in [0.5, 0.6) is 0 Å². The number of carbonyl (C=O) groups excluding carboxylic acids is 3. The second-order valence-electron chi connectivity index (χ2n) is 4.60. The van der Waals surface area contributed by atoms with E-state index in [2.05, 4.69) is 10.6 Å². The molecule has 1 unspecified atom stereocenters. The summed E-state index contributed by atoms with van der Waals surface area (Å²) in [5, 5.41) is 4.54. The van der Waals surface area contributed by atoms with Crippen molar-refractivity contribution in [1.82, 2.24) is 10.6 Å². The molecular formula is C12H22N3O4+. The summed E-state index contributed by atoms with van der Waals surface area (Å²) in [5.74, 6) is -0.665. The van der Waals surface area contributed by atoms with Crippen LogP contribution in [0, 0.1) is 5.92 Å². The van der Waals surface area contributed by atoms with Gasteiger partial charge in [-0.2, -0.15) is 0 Å². The Bertz CT molecular complexity index is 346. The zero-order chi connectivity index (χ0) is 14.3. The van der Waals surface area contributed by atoms with Gasteiger partial charge in [-0.3, -0.25) is 14.9 Å². The molecule has 0 saturated carbocycles. The van der Waals surface area contributed by atoms with Crippen molar-refractivity contribution in [3.8, 4) is 0 Å². The number of amides is 3. The summed E-state index contributed by atoms with van der Waals surface area (Å²) in [4.78, 5) is 35.2. The average molecular weight is 272 g/mol. The molecule has 3 N–H and O–H groups in total. The summed E-state index contributed by atoms with van der Waals surface area (Å²) >= 11 is 0. The normalized spacial score (nSPS) is 22.4. The summed E-state index contributed by atoms with van der Waals surface area (Å²) in [5.41, 5.74) is 0. The van der Waals surface area contributed by atoms with Gasteiger partial charge < -0.3 is 15.0 Å². The summed E-state index contributed by atoms with van der Waals surface area (Å²) in [6, 6.07) is -0.511. The molecule has 0 spiro atoms. The van der Waals surface area contributed by atoms with Gasteiger partial charge in [-0.25, -0.2) is 4.79 Å². The molecule has 0 aliphatic carbocycles. The van der Waals surface area contributed by atoms with E-state index in [9.17, 15) is 14.4 Å². The van der Waals surface area contributed by atoms with E-state index in [0.29, 0.717) is 13.2 Å². The molecule has 1 aliphatic rings. The number of rotatable bonds is 4. The number of esters is 1. The van der Waals surface area contributed by atoms with Gasteiger partial charge in [0.1, 0.15) is 5.92 Å². The highest BCUT2D eigenvalue weighted by atomic mass is 16.5. The smallest absolute Gasteiger partial charge is 0.321 e. The Labute approximate surface area is 112 Å². The molecule has 1 rings (SSSR count). The van der Waals surface area contributed by atoms with E-state index >= 15 is 0 Å². The molecule has 0 aromatic heterocycles. The Morgan fingerprint density at radius 3 is 2.74 bits per heavy atom. The van der Waals surface area contributed by atoms with Crippen molar-refractivity contribution < 1.29 is 24.0 Å². The third-order valence-electron chi connectivity index (χ3n) is 3.13. The lowest BCUT2D eigenvalue weighted by Crippen LogP contribution is -3.14. The number of hydrogen-bond donors (Lipinski definition) is 3. The number of urea groups is 1. The van der Waals surface area contributed by atoms with E-state index in [-0.39, 0.29) is 24.3 Å². The van der Waals surface area contributed by atoms with Crippen LogP contribution in [0.4, 0.5) is 4.79 Å². The van der Waals surface area contributed by atoms with Gasteiger partial charge >= 0.3 is 12.0 Å². The number of piperidine rings is 1. The van der Waals surface area contributed by atoms with Crippen LogP contribution >= 0.6 is 0 Å². The van der Waals surface area contributed by atoms with Crippen LogP contribution in [0.25, 0.3) is 0 Å². The van der Waals surface area contributed by atoms with Gasteiger partial charge in [-0.05, 0) is 19.8 Å². The zero-order valence-corrected chi connectivity index (χ0v) is 11.5. The lowest BCUT2D eigenvalue weighted by molar-refractivity contribution is -0.899. The molecule has 0 aromatic carbocycles. The van der Waals surface area contributed by atoms with Crippen LogP contribution in [-0.4, -0.2) is 51.2 Å². The van der Waals surface area contributed by atoms with E-state index < -0.39 is 6.03 Å². The van der Waals surface area contributed by atoms with Crippen molar-refractivity contribution in [1.29, 1.82) is 0 Å². The van der Waals surface area contributed by atoms with E-state index in [1.54, 1.807) is 6.92 Å². The van der Waals surface area contributed by atoms with E-state index in [0.717, 1.165) is 24.3 Å². The summed E-state index contributed by atoms with van der Waals surface area (Å²) in [6.07, 6.45) is 1.69. The maximum absolute atomic E-state index is 11.7. The zero-order valence-electron chi connectivity index (χ0n) is 11.5. The molecule has 2 atom stereocenters. The highest BCUT2D eigenvalue weighted by Crippen LogP contribution is 2.09. The van der Waals surface area contributed by atoms with Gasteiger partial charge in [0.05, 0.1) is 19.7 Å². The number of likely N-dealkylation sites (tertiary alicyclic amines) is 1. The van der Waals surface area contributed by atoms with E-state index in [1.807, 2.05) is 0 Å². The van der Waals surface area contributed by atoms with Crippen molar-refractivity contribution in [2.45, 2.75) is 19.8 Å². The first-order valence-corrected chi connectivity index (χ1v) is 6.58. The Hall–Kier alpha value is -1.63. The summed E-state index contributed by atoms with van der Waals surface area (Å²) in [7, 11) is 1.45. The first-order chi connectivity index (χ1) is 9.06. The SMILES string of the molecule is CCOC(=O)[C@H]1CCC[NH+](CC(=O)NC(=O)NC)C1. The molecule has 1 fully saturated rings. The lowest BCUT2D eigenvalue weighted by atomic mass is 9.98. The molecule has 1 aliphatic heterocycles. The maximum Gasteiger partial charge on any atom is 0.321 e. The van der Waals surface area contributed by atoms with Gasteiger partial charge in [-0.15, -0.1) is 0 Å². The third kappa shape index (κ3) is 5.25. The van der Waals surface area contributed by atoms with Crippen molar-refractivity contribution in [2.75, 3.05) is 33.3 Å². The molecule has 0 radical (unpaired) electrons. The number of quaternary nitrogens is 1. The maximum atomic E-state index is 11.7. The molecule has 19 heavy (non-hydrogen) atoms. The minimum Gasteiger partial charge on any atom is -0.466 e. The fourth-order valence-corrected chi connectivity index (χ4v) is 2.23. The number of carbonyl (C=O) groups is 3. The van der Waals surface area contributed by atoms with Crippen molar-refractivity contribution in [3.05, 3.63) is 0 Å². The van der Waals surface area contributed by atoms with Gasteiger partial charge in [0.25, 0.3) is 5.91 Å². The Balaban J connectivity index is 2.40. The van der Waals surface area contributed by atoms with Crippen LogP contribution in [0.2, 0.25) is 0 Å². The van der Waals surface area contributed by atoms with Crippen molar-refractivity contribution >= 4 is 17.9 Å². The number of nitrogens with one attached hydrogen (secondary N) is 3. The Morgan fingerprint density at radius 2 is 2.11 bits per heavy atom. The van der Waals surface area contributed by atoms with Crippen LogP contribution in [0.15, 0.2) is 0 Å². The Morgan fingerprint density at radius 1 is 1.37 bits per heavy atom. The monoisotopic (exact) mass is 272 g/mol. The number of hydrogen-bond acceptors (Lipinski definition) is 4. The standard InChI is InChI=1S/C12H21N3O4/c1-3-19-11(17)9-5-4-6-15(7-9)8-10(16)14-12(18)13-2/h9H,3-8H2,1-2H3,(H2,13,14,16,18)/p+1/t9-/m0/s1. The van der Waals surface area contributed by atoms with Crippen molar-refractivity contribution in [3.63, 3.8) is 0 Å². The van der Waals surface area contributed by atoms with E-state index in [4.69, 9.17) is 4.74 Å². The fraction of sp³-hybridized carbons (Fsp3) is 0.750. The minimum absolute atomic E-state index is 0.142. The lowest BCUT2D eigenvalue weighted by Gasteiger charge is -2.28. The fourth-order valence-electron chi connectivity index (χ4n) is 2.23. The molecule has 7 heteroatoms. The molecular weight excluding hydrogens is 250 g/mol. The van der Waals surface area contributed by atoms with Gasteiger partial charge in [0.15, 0.2) is 6.54 Å². The van der Waals surface area contributed by atoms with Crippen LogP contribution in [-0.2, 0) is 14.3 Å². The molecule has 1 heterocycles. The molecule has 0 bridgehead atoms. The molecule has 1 saturated heterocycles. The van der Waals surface area contributed by atoms with Gasteiger partial charge in [-0.1, -0.05) is 0 Å². The Kier molecular flexibility index (Phi) is 6.27. The average Bonchev–Trinajstić information content (AvgIpc) is 2.39. The molecule has 108 valence electrons. The van der Waals surface area contributed by atoms with E-state index in [1.165, 1.54) is 7.05 Å². The second kappa shape index (κ2) is 7.73. The first kappa shape index (κ1) is 15.4. The third-order valence-corrected chi connectivity index (χ3v) is 3.13. The minimum atomic E-state index is -0.511. The summed E-state index contributed by atoms with van der Waals surface area (Å²) < 4.78 is 5.00.